The topological polar surface area (TPSA) is 66.8 Å². The summed E-state index contributed by atoms with van der Waals surface area (Å²) in [5.41, 5.74) is 0.867. The number of nitrogens with zero attached hydrogens (tertiary/aromatic N) is 1. The molecule has 0 bridgehead atoms. The minimum absolute atomic E-state index is 0.129. The van der Waals surface area contributed by atoms with Gasteiger partial charge in [-0.2, -0.15) is 0 Å². The lowest BCUT2D eigenvalue weighted by Gasteiger charge is -2.32. The fourth-order valence-corrected chi connectivity index (χ4v) is 4.78. The van der Waals surface area contributed by atoms with E-state index in [9.17, 15) is 14.7 Å². The first kappa shape index (κ1) is 16.7. The zero-order valence-corrected chi connectivity index (χ0v) is 14.0. The van der Waals surface area contributed by atoms with E-state index in [-0.39, 0.29) is 6.61 Å². The smallest absolute Gasteiger partial charge is 0.412 e. The van der Waals surface area contributed by atoms with Crippen molar-refractivity contribution in [3.63, 3.8) is 0 Å². The monoisotopic (exact) mass is 323 g/mol. The number of rotatable bonds is 3. The van der Waals surface area contributed by atoms with Crippen LogP contribution in [0.1, 0.15) is 33.3 Å². The Bertz CT molecular complexity index is 571. The lowest BCUT2D eigenvalue weighted by Crippen LogP contribution is -2.53. The largest absolute Gasteiger partial charge is 0.480 e. The third kappa shape index (κ3) is 3.21. The molecule has 0 radical (unpaired) electrons. The van der Waals surface area contributed by atoms with Crippen molar-refractivity contribution >= 4 is 23.8 Å². The Morgan fingerprint density at radius 1 is 1.23 bits per heavy atom. The number of carbonyl (C=O) groups is 2. The number of carboxylic acids is 1. The van der Waals surface area contributed by atoms with Crippen LogP contribution in [0.5, 0.6) is 0 Å². The van der Waals surface area contributed by atoms with E-state index in [4.69, 9.17) is 4.74 Å². The van der Waals surface area contributed by atoms with Gasteiger partial charge in [0.2, 0.25) is 0 Å². The van der Waals surface area contributed by atoms with Crippen molar-refractivity contribution in [3.05, 3.63) is 35.9 Å². The maximum Gasteiger partial charge on any atom is 0.412 e. The van der Waals surface area contributed by atoms with Gasteiger partial charge < -0.3 is 9.84 Å². The predicted octanol–water partition coefficient (Wildman–Crippen LogP) is 3.34. The summed E-state index contributed by atoms with van der Waals surface area (Å²) in [6, 6.07) is 8.40. The Labute approximate surface area is 134 Å². The average Bonchev–Trinajstić information content (AvgIpc) is 2.61. The van der Waals surface area contributed by atoms with Crippen LogP contribution >= 0.6 is 11.8 Å². The maximum atomic E-state index is 12.5. The van der Waals surface area contributed by atoms with Gasteiger partial charge in [-0.05, 0) is 33.3 Å². The van der Waals surface area contributed by atoms with E-state index in [0.29, 0.717) is 0 Å². The normalized spacial score (nSPS) is 22.4. The first-order valence-electron chi connectivity index (χ1n) is 7.08. The highest BCUT2D eigenvalue weighted by molar-refractivity contribution is 8.02. The Kier molecular flexibility index (Phi) is 4.42. The molecule has 1 amide bonds. The van der Waals surface area contributed by atoms with Crippen molar-refractivity contribution in [1.82, 2.24) is 4.90 Å². The number of benzene rings is 1. The number of aliphatic carboxylic acids is 1. The average molecular weight is 323 g/mol. The summed E-state index contributed by atoms with van der Waals surface area (Å²) in [5.74, 6) is -1.01. The third-order valence-electron chi connectivity index (χ3n) is 3.65. The summed E-state index contributed by atoms with van der Waals surface area (Å²) in [6.07, 6.45) is -0.598. The van der Waals surface area contributed by atoms with Crippen LogP contribution in [0.4, 0.5) is 4.79 Å². The predicted molar refractivity (Wildman–Crippen MR) is 85.6 cm³/mol. The van der Waals surface area contributed by atoms with Crippen LogP contribution in [0, 0.1) is 0 Å². The van der Waals surface area contributed by atoms with Gasteiger partial charge in [-0.15, -0.1) is 11.8 Å². The van der Waals surface area contributed by atoms with Crippen molar-refractivity contribution in [2.24, 2.45) is 0 Å². The first-order chi connectivity index (χ1) is 10.1. The van der Waals surface area contributed by atoms with Crippen LogP contribution < -0.4 is 0 Å². The minimum atomic E-state index is -1.01. The van der Waals surface area contributed by atoms with Gasteiger partial charge in [0.15, 0.2) is 0 Å². The zero-order chi connectivity index (χ0) is 16.5. The van der Waals surface area contributed by atoms with Gasteiger partial charge in [0, 0.05) is 4.75 Å². The zero-order valence-electron chi connectivity index (χ0n) is 13.2. The number of hydrogen-bond donors (Lipinski definition) is 1. The van der Waals surface area contributed by atoms with Crippen molar-refractivity contribution in [2.45, 2.75) is 50.0 Å². The SMILES string of the molecule is CC1(C)SC(C)(C)N(C(=O)OCc2ccccc2)[C@H]1C(=O)O. The Morgan fingerprint density at radius 3 is 2.36 bits per heavy atom. The number of carboxylic acid groups (broad SMARTS) is 1. The summed E-state index contributed by atoms with van der Waals surface area (Å²) in [5, 5.41) is 9.52. The summed E-state index contributed by atoms with van der Waals surface area (Å²) in [4.78, 5) is 24.8. The summed E-state index contributed by atoms with van der Waals surface area (Å²) in [6.45, 7) is 7.48. The van der Waals surface area contributed by atoms with Crippen molar-refractivity contribution in [2.75, 3.05) is 0 Å². The molecule has 1 aliphatic heterocycles. The summed E-state index contributed by atoms with van der Waals surface area (Å²) in [7, 11) is 0. The molecule has 1 N–H and O–H groups in total. The molecule has 1 aromatic carbocycles. The molecule has 2 rings (SSSR count). The van der Waals surface area contributed by atoms with Crippen LogP contribution in [0.15, 0.2) is 30.3 Å². The van der Waals surface area contributed by atoms with E-state index < -0.39 is 27.7 Å². The van der Waals surface area contributed by atoms with Crippen LogP contribution in [-0.4, -0.2) is 37.7 Å². The minimum Gasteiger partial charge on any atom is -0.480 e. The van der Waals surface area contributed by atoms with Crippen LogP contribution in [0.2, 0.25) is 0 Å². The molecule has 6 heteroatoms. The highest BCUT2D eigenvalue weighted by atomic mass is 32.2. The van der Waals surface area contributed by atoms with E-state index in [1.165, 1.54) is 16.7 Å². The quantitative estimate of drug-likeness (QED) is 0.924. The number of thioether (sulfide) groups is 1. The molecule has 1 aliphatic rings. The molecule has 120 valence electrons. The number of carbonyl (C=O) groups excluding carboxylic acids is 1. The van der Waals surface area contributed by atoms with Gasteiger partial charge in [0.1, 0.15) is 12.6 Å². The van der Waals surface area contributed by atoms with Gasteiger partial charge in [-0.1, -0.05) is 30.3 Å². The number of hydrogen-bond acceptors (Lipinski definition) is 4. The van der Waals surface area contributed by atoms with Crippen LogP contribution in [0.3, 0.4) is 0 Å². The summed E-state index contributed by atoms with van der Waals surface area (Å²) >= 11 is 1.46. The molecule has 5 nitrogen and oxygen atoms in total. The molecular weight excluding hydrogens is 302 g/mol. The Hall–Kier alpha value is -1.69. The van der Waals surface area contributed by atoms with Crippen molar-refractivity contribution < 1.29 is 19.4 Å². The van der Waals surface area contributed by atoms with E-state index in [1.807, 2.05) is 58.0 Å². The van der Waals surface area contributed by atoms with Gasteiger partial charge in [-0.3, -0.25) is 4.90 Å². The molecule has 1 saturated heterocycles. The highest BCUT2D eigenvalue weighted by Gasteiger charge is 2.57. The highest BCUT2D eigenvalue weighted by Crippen LogP contribution is 2.51. The van der Waals surface area contributed by atoms with E-state index >= 15 is 0 Å². The van der Waals surface area contributed by atoms with E-state index in [1.54, 1.807) is 0 Å². The van der Waals surface area contributed by atoms with Gasteiger partial charge >= 0.3 is 12.1 Å². The lowest BCUT2D eigenvalue weighted by atomic mass is 10.0. The van der Waals surface area contributed by atoms with E-state index in [0.717, 1.165) is 5.56 Å². The standard InChI is InChI=1S/C16H21NO4S/c1-15(2)12(13(18)19)17(16(3,4)22-15)14(20)21-10-11-8-6-5-7-9-11/h5-9,12H,10H2,1-4H3,(H,18,19)/t12-/m0/s1. The molecule has 1 aromatic rings. The molecule has 0 aromatic heterocycles. The van der Waals surface area contributed by atoms with E-state index in [2.05, 4.69) is 0 Å². The Balaban J connectivity index is 2.17. The second-order valence-electron chi connectivity index (χ2n) is 6.30. The summed E-state index contributed by atoms with van der Waals surface area (Å²) < 4.78 is 4.75. The fraction of sp³-hybridized carbons (Fsp3) is 0.500. The Morgan fingerprint density at radius 2 is 1.82 bits per heavy atom. The van der Waals surface area contributed by atoms with Gasteiger partial charge in [0.05, 0.1) is 4.87 Å². The van der Waals surface area contributed by atoms with Crippen LogP contribution in [-0.2, 0) is 16.1 Å². The number of amides is 1. The first-order valence-corrected chi connectivity index (χ1v) is 7.90. The fourth-order valence-electron chi connectivity index (χ4n) is 2.89. The van der Waals surface area contributed by atoms with Crippen molar-refractivity contribution in [3.8, 4) is 0 Å². The van der Waals surface area contributed by atoms with Crippen LogP contribution in [0.25, 0.3) is 0 Å². The van der Waals surface area contributed by atoms with Gasteiger partial charge in [0.25, 0.3) is 0 Å². The molecule has 0 unspecified atom stereocenters. The van der Waals surface area contributed by atoms with Gasteiger partial charge in [-0.25, -0.2) is 9.59 Å². The lowest BCUT2D eigenvalue weighted by molar-refractivity contribution is -0.144. The third-order valence-corrected chi connectivity index (χ3v) is 5.09. The molecule has 1 atom stereocenters. The molecule has 0 saturated carbocycles. The molecule has 1 heterocycles. The molecular formula is C16H21NO4S. The molecule has 0 aliphatic carbocycles. The van der Waals surface area contributed by atoms with Crippen molar-refractivity contribution in [1.29, 1.82) is 0 Å². The molecule has 1 fully saturated rings. The second-order valence-corrected chi connectivity index (χ2v) is 8.56. The molecule has 22 heavy (non-hydrogen) atoms. The maximum absolute atomic E-state index is 12.5. The number of ether oxygens (including phenoxy) is 1. The second kappa shape index (κ2) is 5.83. The molecule has 0 spiro atoms.